The highest BCUT2D eigenvalue weighted by molar-refractivity contribution is 8.00. The first-order valence-electron chi connectivity index (χ1n) is 11.5. The van der Waals surface area contributed by atoms with E-state index in [0.29, 0.717) is 25.7 Å². The van der Waals surface area contributed by atoms with Crippen molar-refractivity contribution >= 4 is 23.5 Å². The van der Waals surface area contributed by atoms with Crippen LogP contribution in [0, 0.1) is 11.8 Å². The Balaban J connectivity index is 2.03. The first-order valence-corrected chi connectivity index (χ1v) is 12.4. The van der Waals surface area contributed by atoms with E-state index in [4.69, 9.17) is 5.11 Å². The van der Waals surface area contributed by atoms with Crippen LogP contribution in [0.1, 0.15) is 64.7 Å². The maximum absolute atomic E-state index is 12.8. The van der Waals surface area contributed by atoms with Crippen LogP contribution >= 0.6 is 11.8 Å². The second-order valence-electron chi connectivity index (χ2n) is 8.26. The molecule has 0 bridgehead atoms. The third kappa shape index (κ3) is 9.44. The predicted molar refractivity (Wildman–Crippen MR) is 127 cm³/mol. The number of aliphatic carboxylic acids is 1. The minimum absolute atomic E-state index is 0.0854. The number of aliphatic hydroxyl groups excluding tert-OH is 1. The molecule has 31 heavy (non-hydrogen) atoms. The van der Waals surface area contributed by atoms with E-state index in [1.807, 2.05) is 36.4 Å². The summed E-state index contributed by atoms with van der Waals surface area (Å²) in [5, 5.41) is 19.2. The van der Waals surface area contributed by atoms with Crippen molar-refractivity contribution in [3.63, 3.8) is 0 Å². The van der Waals surface area contributed by atoms with Gasteiger partial charge >= 0.3 is 5.97 Å². The van der Waals surface area contributed by atoms with Crippen molar-refractivity contribution in [3.05, 3.63) is 54.6 Å². The van der Waals surface area contributed by atoms with Gasteiger partial charge in [0.05, 0.1) is 6.10 Å². The first kappa shape index (κ1) is 25.4. The van der Waals surface area contributed by atoms with E-state index in [9.17, 15) is 14.7 Å². The SMILES string of the molecule is CCCCCC(O)C=CC1C(Sc2ccccc2)CC(=O)C1CC=CCCCC(=O)O. The molecule has 2 rings (SSSR count). The van der Waals surface area contributed by atoms with Gasteiger partial charge in [-0.25, -0.2) is 0 Å². The molecule has 0 radical (unpaired) electrons. The fraction of sp³-hybridized carbons (Fsp3) is 0.538. The van der Waals surface area contributed by atoms with Gasteiger partial charge < -0.3 is 10.2 Å². The molecule has 1 saturated carbocycles. The average Bonchev–Trinajstić information content (AvgIpc) is 3.03. The highest BCUT2D eigenvalue weighted by Gasteiger charge is 2.40. The Morgan fingerprint density at radius 1 is 1.19 bits per heavy atom. The largest absolute Gasteiger partial charge is 0.481 e. The topological polar surface area (TPSA) is 74.6 Å². The van der Waals surface area contributed by atoms with E-state index in [1.54, 1.807) is 11.8 Å². The number of hydrogen-bond acceptors (Lipinski definition) is 4. The van der Waals surface area contributed by atoms with Crippen molar-refractivity contribution in [2.75, 3.05) is 0 Å². The summed E-state index contributed by atoms with van der Waals surface area (Å²) in [5.41, 5.74) is 0. The number of rotatable bonds is 14. The molecule has 4 nitrogen and oxygen atoms in total. The van der Waals surface area contributed by atoms with E-state index >= 15 is 0 Å². The van der Waals surface area contributed by atoms with Gasteiger partial charge in [0.25, 0.3) is 0 Å². The number of unbranched alkanes of at least 4 members (excludes halogenated alkanes) is 3. The zero-order valence-corrected chi connectivity index (χ0v) is 19.3. The molecule has 1 aromatic carbocycles. The Bertz CT molecular complexity index is 728. The highest BCUT2D eigenvalue weighted by atomic mass is 32.2. The molecule has 0 aliphatic heterocycles. The quantitative estimate of drug-likeness (QED) is 0.270. The number of Topliss-reactive ketones (excluding diaryl/α,β-unsaturated/α-hetero) is 1. The molecule has 4 unspecified atom stereocenters. The van der Waals surface area contributed by atoms with Gasteiger partial charge in [0.15, 0.2) is 0 Å². The lowest BCUT2D eigenvalue weighted by atomic mass is 9.91. The summed E-state index contributed by atoms with van der Waals surface area (Å²) in [6.45, 7) is 2.15. The van der Waals surface area contributed by atoms with E-state index in [1.165, 1.54) is 0 Å². The van der Waals surface area contributed by atoms with Gasteiger partial charge in [-0.15, -0.1) is 11.8 Å². The number of ketones is 1. The highest BCUT2D eigenvalue weighted by Crippen LogP contribution is 2.43. The van der Waals surface area contributed by atoms with Crippen molar-refractivity contribution in [2.24, 2.45) is 11.8 Å². The number of carbonyl (C=O) groups excluding carboxylic acids is 1. The normalized spacial score (nSPS) is 22.5. The molecule has 1 aliphatic carbocycles. The van der Waals surface area contributed by atoms with E-state index < -0.39 is 12.1 Å². The summed E-state index contributed by atoms with van der Waals surface area (Å²) in [5.74, 6) is -0.500. The average molecular weight is 445 g/mol. The van der Waals surface area contributed by atoms with Crippen molar-refractivity contribution in [1.29, 1.82) is 0 Å². The molecular weight excluding hydrogens is 408 g/mol. The van der Waals surface area contributed by atoms with Crippen molar-refractivity contribution in [1.82, 2.24) is 0 Å². The summed E-state index contributed by atoms with van der Waals surface area (Å²) in [4.78, 5) is 24.6. The van der Waals surface area contributed by atoms with Crippen LogP contribution in [-0.2, 0) is 9.59 Å². The fourth-order valence-corrected chi connectivity index (χ4v) is 5.34. The van der Waals surface area contributed by atoms with Crippen LogP contribution in [-0.4, -0.2) is 33.3 Å². The zero-order valence-electron chi connectivity index (χ0n) is 18.5. The maximum Gasteiger partial charge on any atom is 0.303 e. The van der Waals surface area contributed by atoms with Crippen molar-refractivity contribution in [2.45, 2.75) is 81.0 Å². The number of thioether (sulfide) groups is 1. The third-order valence-corrected chi connectivity index (χ3v) is 7.05. The van der Waals surface area contributed by atoms with E-state index in [-0.39, 0.29) is 29.3 Å². The molecule has 1 fully saturated rings. The first-order chi connectivity index (χ1) is 15.0. The number of hydrogen-bond donors (Lipinski definition) is 2. The Hall–Kier alpha value is -1.85. The van der Waals surface area contributed by atoms with Gasteiger partial charge in [0.1, 0.15) is 5.78 Å². The van der Waals surface area contributed by atoms with Crippen LogP contribution in [0.4, 0.5) is 0 Å². The summed E-state index contributed by atoms with van der Waals surface area (Å²) in [6, 6.07) is 10.2. The monoisotopic (exact) mass is 444 g/mol. The summed E-state index contributed by atoms with van der Waals surface area (Å²) >= 11 is 1.75. The van der Waals surface area contributed by atoms with Crippen LogP contribution in [0.2, 0.25) is 0 Å². The lowest BCUT2D eigenvalue weighted by Gasteiger charge is -2.20. The number of allylic oxidation sites excluding steroid dienone is 3. The van der Waals surface area contributed by atoms with Crippen LogP contribution in [0.3, 0.4) is 0 Å². The van der Waals surface area contributed by atoms with Gasteiger partial charge in [0.2, 0.25) is 0 Å². The minimum atomic E-state index is -0.775. The molecule has 170 valence electrons. The Morgan fingerprint density at radius 2 is 1.97 bits per heavy atom. The molecular formula is C26H36O4S. The summed E-state index contributed by atoms with van der Waals surface area (Å²) in [6.07, 6.45) is 14.2. The van der Waals surface area contributed by atoms with Gasteiger partial charge in [-0.1, -0.05) is 68.7 Å². The molecule has 5 heteroatoms. The van der Waals surface area contributed by atoms with Gasteiger partial charge in [-0.05, 0) is 43.7 Å². The smallest absolute Gasteiger partial charge is 0.303 e. The third-order valence-electron chi connectivity index (χ3n) is 5.72. The predicted octanol–water partition coefficient (Wildman–Crippen LogP) is 6.05. The van der Waals surface area contributed by atoms with Crippen molar-refractivity contribution in [3.8, 4) is 0 Å². The lowest BCUT2D eigenvalue weighted by molar-refractivity contribution is -0.137. The van der Waals surface area contributed by atoms with Crippen LogP contribution in [0.5, 0.6) is 0 Å². The molecule has 1 aliphatic rings. The van der Waals surface area contributed by atoms with Crippen LogP contribution in [0.25, 0.3) is 0 Å². The number of aliphatic hydroxyl groups is 1. The van der Waals surface area contributed by atoms with Crippen LogP contribution < -0.4 is 0 Å². The Labute approximate surface area is 190 Å². The number of carboxylic acid groups (broad SMARTS) is 1. The van der Waals surface area contributed by atoms with Crippen LogP contribution in [0.15, 0.2) is 59.5 Å². The number of benzene rings is 1. The molecule has 4 atom stereocenters. The summed E-state index contributed by atoms with van der Waals surface area (Å²) in [7, 11) is 0. The molecule has 0 spiro atoms. The zero-order chi connectivity index (χ0) is 22.5. The second kappa shape index (κ2) is 14.3. The van der Waals surface area contributed by atoms with Gasteiger partial charge in [-0.3, -0.25) is 9.59 Å². The molecule has 0 amide bonds. The lowest BCUT2D eigenvalue weighted by Crippen LogP contribution is -2.17. The fourth-order valence-electron chi connectivity index (χ4n) is 3.99. The molecule has 2 N–H and O–H groups in total. The molecule has 0 saturated heterocycles. The molecule has 0 aromatic heterocycles. The van der Waals surface area contributed by atoms with E-state index in [2.05, 4.69) is 25.1 Å². The second-order valence-corrected chi connectivity index (χ2v) is 9.58. The Morgan fingerprint density at radius 3 is 2.68 bits per heavy atom. The Kier molecular flexibility index (Phi) is 11.7. The number of carboxylic acids is 1. The van der Waals surface area contributed by atoms with Gasteiger partial charge in [0, 0.05) is 28.9 Å². The maximum atomic E-state index is 12.8. The number of carbonyl (C=O) groups is 2. The molecule has 1 aromatic rings. The summed E-state index contributed by atoms with van der Waals surface area (Å²) < 4.78 is 0. The van der Waals surface area contributed by atoms with Crippen molar-refractivity contribution < 1.29 is 19.8 Å². The molecule has 0 heterocycles. The minimum Gasteiger partial charge on any atom is -0.481 e. The van der Waals surface area contributed by atoms with E-state index in [0.717, 1.165) is 30.6 Å². The standard InChI is InChI=1S/C26H36O4S/c1-2-3-7-12-20(27)17-18-23-22(15-10-4-5-11-16-26(29)30)24(28)19-25(23)31-21-13-8-6-9-14-21/h4,6,8-10,13-14,17-18,20,22-23,25,27H,2-3,5,7,11-12,15-16,19H2,1H3,(H,29,30). The van der Waals surface area contributed by atoms with Gasteiger partial charge in [-0.2, -0.15) is 0 Å².